The summed E-state index contributed by atoms with van der Waals surface area (Å²) in [4.78, 5) is 27.3. The van der Waals surface area contributed by atoms with Gasteiger partial charge >= 0.3 is 5.97 Å². The van der Waals surface area contributed by atoms with E-state index in [0.717, 1.165) is 0 Å². The Bertz CT molecular complexity index is 1350. The summed E-state index contributed by atoms with van der Waals surface area (Å²) in [6.07, 6.45) is 0. The summed E-state index contributed by atoms with van der Waals surface area (Å²) in [6, 6.07) is 19.8. The van der Waals surface area contributed by atoms with Crippen LogP contribution in [0.1, 0.15) is 59.9 Å². The zero-order valence-corrected chi connectivity index (χ0v) is 19.9. The van der Waals surface area contributed by atoms with Gasteiger partial charge < -0.3 is 10.0 Å². The molecule has 0 spiro atoms. The number of nitrogens with zero attached hydrogens (tertiary/aromatic N) is 1. The minimum absolute atomic E-state index is 0.0447. The maximum Gasteiger partial charge on any atom is 0.331 e. The number of nitrogens with one attached hydrogen (secondary N) is 1. The summed E-state index contributed by atoms with van der Waals surface area (Å²) < 4.78 is 28.6. The van der Waals surface area contributed by atoms with Crippen molar-refractivity contribution in [3.8, 4) is 0 Å². The predicted molar refractivity (Wildman–Crippen MR) is 128 cm³/mol. The predicted octanol–water partition coefficient (Wildman–Crippen LogP) is 4.13. The summed E-state index contributed by atoms with van der Waals surface area (Å²) in [7, 11) is -3.84. The average molecular weight is 479 g/mol. The first-order valence-electron chi connectivity index (χ1n) is 10.8. The molecule has 2 N–H and O–H groups in total. The van der Waals surface area contributed by atoms with Crippen molar-refractivity contribution >= 4 is 21.9 Å². The summed E-state index contributed by atoms with van der Waals surface area (Å²) >= 11 is 0. The molecule has 34 heavy (non-hydrogen) atoms. The van der Waals surface area contributed by atoms with Crippen molar-refractivity contribution in [3.05, 3.63) is 101 Å². The molecule has 3 aromatic rings. The number of amides is 1. The Kier molecular flexibility index (Phi) is 6.05. The number of fused-ring (bicyclic) bond motifs is 1. The third-order valence-corrected chi connectivity index (χ3v) is 7.31. The van der Waals surface area contributed by atoms with Crippen LogP contribution in [0.15, 0.2) is 83.8 Å². The molecule has 8 heteroatoms. The van der Waals surface area contributed by atoms with E-state index >= 15 is 0 Å². The second kappa shape index (κ2) is 8.70. The van der Waals surface area contributed by atoms with Crippen LogP contribution in [0.25, 0.3) is 0 Å². The highest BCUT2D eigenvalue weighted by molar-refractivity contribution is 7.89. The lowest BCUT2D eigenvalue weighted by Crippen LogP contribution is -2.40. The van der Waals surface area contributed by atoms with Crippen LogP contribution < -0.4 is 4.72 Å². The van der Waals surface area contributed by atoms with Gasteiger partial charge in [0.2, 0.25) is 10.0 Å². The maximum absolute atomic E-state index is 13.5. The number of carboxylic acid groups (broad SMARTS) is 1. The molecule has 3 aromatic carbocycles. The lowest BCUT2D eigenvalue weighted by molar-refractivity contribution is -0.143. The minimum atomic E-state index is -3.84. The molecule has 7 nitrogen and oxygen atoms in total. The Labute approximate surface area is 199 Å². The van der Waals surface area contributed by atoms with E-state index in [1.165, 1.54) is 17.0 Å². The van der Waals surface area contributed by atoms with E-state index in [1.54, 1.807) is 87.5 Å². The molecule has 2 unspecified atom stereocenters. The molecule has 0 saturated carbocycles. The van der Waals surface area contributed by atoms with Crippen molar-refractivity contribution in [3.63, 3.8) is 0 Å². The van der Waals surface area contributed by atoms with Crippen molar-refractivity contribution in [2.45, 2.75) is 43.3 Å². The quantitative estimate of drug-likeness (QED) is 0.554. The second-order valence-corrected chi connectivity index (χ2v) is 11.0. The molecule has 0 radical (unpaired) electrons. The summed E-state index contributed by atoms with van der Waals surface area (Å²) in [6.45, 7) is 5.25. The van der Waals surface area contributed by atoms with Crippen molar-refractivity contribution in [1.29, 1.82) is 0 Å². The van der Waals surface area contributed by atoms with Crippen molar-refractivity contribution in [2.75, 3.05) is 0 Å². The van der Waals surface area contributed by atoms with E-state index in [4.69, 9.17) is 0 Å². The molecule has 1 amide bonds. The fourth-order valence-electron chi connectivity index (χ4n) is 4.31. The molecule has 0 bridgehead atoms. The average Bonchev–Trinajstić information content (AvgIpc) is 3.05. The molecule has 0 aliphatic carbocycles. The number of carbonyl (C=O) groups excluding carboxylic acids is 1. The Morgan fingerprint density at radius 3 is 2.26 bits per heavy atom. The highest BCUT2D eigenvalue weighted by atomic mass is 32.2. The molecule has 1 aliphatic rings. The van der Waals surface area contributed by atoms with Gasteiger partial charge in [0, 0.05) is 11.1 Å². The fraction of sp³-hybridized carbons (Fsp3) is 0.231. The second-order valence-electron chi connectivity index (χ2n) is 9.28. The van der Waals surface area contributed by atoms with E-state index in [0.29, 0.717) is 22.3 Å². The van der Waals surface area contributed by atoms with Gasteiger partial charge in [-0.05, 0) is 55.7 Å². The van der Waals surface area contributed by atoms with Crippen LogP contribution in [0.2, 0.25) is 0 Å². The maximum atomic E-state index is 13.5. The van der Waals surface area contributed by atoms with Crippen LogP contribution in [0.5, 0.6) is 0 Å². The minimum Gasteiger partial charge on any atom is -0.479 e. The third-order valence-electron chi connectivity index (χ3n) is 5.55. The highest BCUT2D eigenvalue weighted by Crippen LogP contribution is 2.44. The molecular weight excluding hydrogens is 452 g/mol. The number of benzene rings is 3. The molecule has 0 aromatic heterocycles. The third kappa shape index (κ3) is 4.47. The standard InChI is InChI=1S/C26H26N2O5S/c1-26(2,3)27-34(32,33)19-13-9-12-18(16-19)22-20-14-7-8-15-21(20)24(29)28(22)23(25(30)31)17-10-5-4-6-11-17/h4-16,22-23,27H,1-3H3,(H,30,31). The van der Waals surface area contributed by atoms with E-state index in [1.807, 2.05) is 0 Å². The van der Waals surface area contributed by atoms with Gasteiger partial charge in [0.1, 0.15) is 0 Å². The van der Waals surface area contributed by atoms with Gasteiger partial charge in [-0.15, -0.1) is 0 Å². The number of carboxylic acids is 1. The van der Waals surface area contributed by atoms with E-state index in [2.05, 4.69) is 4.72 Å². The monoisotopic (exact) mass is 478 g/mol. The summed E-state index contributed by atoms with van der Waals surface area (Å²) in [5.74, 6) is -1.59. The SMILES string of the molecule is CC(C)(C)NS(=O)(=O)c1cccc(C2c3ccccc3C(=O)N2C(C(=O)O)c2ccccc2)c1. The number of carbonyl (C=O) groups is 2. The number of sulfonamides is 1. The zero-order valence-electron chi connectivity index (χ0n) is 19.1. The van der Waals surface area contributed by atoms with Crippen LogP contribution in [0.3, 0.4) is 0 Å². The van der Waals surface area contributed by atoms with Crippen LogP contribution in [-0.4, -0.2) is 35.8 Å². The van der Waals surface area contributed by atoms with Gasteiger partial charge in [0.25, 0.3) is 5.91 Å². The first-order chi connectivity index (χ1) is 16.0. The number of aliphatic carboxylic acids is 1. The molecule has 0 fully saturated rings. The topological polar surface area (TPSA) is 104 Å². The van der Waals surface area contributed by atoms with E-state index in [9.17, 15) is 23.1 Å². The highest BCUT2D eigenvalue weighted by Gasteiger charge is 2.44. The van der Waals surface area contributed by atoms with Gasteiger partial charge in [-0.1, -0.05) is 60.7 Å². The Hall–Kier alpha value is -3.49. The number of rotatable bonds is 6. The van der Waals surface area contributed by atoms with Crippen molar-refractivity contribution in [2.24, 2.45) is 0 Å². The lowest BCUT2D eigenvalue weighted by Gasteiger charge is -2.32. The first-order valence-corrected chi connectivity index (χ1v) is 12.3. The number of hydrogen-bond donors (Lipinski definition) is 2. The van der Waals surface area contributed by atoms with Crippen molar-refractivity contribution in [1.82, 2.24) is 9.62 Å². The normalized spacial score (nSPS) is 16.9. The molecular formula is C26H26N2O5S. The fourth-order valence-corrected chi connectivity index (χ4v) is 5.79. The van der Waals surface area contributed by atoms with Gasteiger partial charge in [0.15, 0.2) is 6.04 Å². The van der Waals surface area contributed by atoms with Gasteiger partial charge in [-0.2, -0.15) is 0 Å². The van der Waals surface area contributed by atoms with Gasteiger partial charge in [-0.25, -0.2) is 17.9 Å². The van der Waals surface area contributed by atoms with Crippen LogP contribution in [-0.2, 0) is 14.8 Å². The molecule has 2 atom stereocenters. The smallest absolute Gasteiger partial charge is 0.331 e. The lowest BCUT2D eigenvalue weighted by atomic mass is 9.96. The number of hydrogen-bond acceptors (Lipinski definition) is 4. The zero-order chi connectivity index (χ0) is 24.7. The first kappa shape index (κ1) is 23.7. The molecule has 176 valence electrons. The van der Waals surface area contributed by atoms with E-state index in [-0.39, 0.29) is 4.90 Å². The Morgan fingerprint density at radius 1 is 0.971 bits per heavy atom. The Balaban J connectivity index is 1.88. The van der Waals surface area contributed by atoms with Gasteiger partial charge in [-0.3, -0.25) is 4.79 Å². The van der Waals surface area contributed by atoms with Crippen molar-refractivity contribution < 1.29 is 23.1 Å². The van der Waals surface area contributed by atoms with Crippen LogP contribution in [0, 0.1) is 0 Å². The molecule has 0 saturated heterocycles. The van der Waals surface area contributed by atoms with E-state index < -0.39 is 39.5 Å². The molecule has 1 heterocycles. The largest absolute Gasteiger partial charge is 0.479 e. The molecule has 1 aliphatic heterocycles. The van der Waals surface area contributed by atoms with Gasteiger partial charge in [0.05, 0.1) is 10.9 Å². The Morgan fingerprint density at radius 2 is 1.62 bits per heavy atom. The molecule has 4 rings (SSSR count). The summed E-state index contributed by atoms with van der Waals surface area (Å²) in [5, 5.41) is 10.2. The van der Waals surface area contributed by atoms with Crippen LogP contribution >= 0.6 is 0 Å². The summed E-state index contributed by atoms with van der Waals surface area (Å²) in [5.41, 5.74) is 1.32. The van der Waals surface area contributed by atoms with Crippen LogP contribution in [0.4, 0.5) is 0 Å².